The van der Waals surface area contributed by atoms with Gasteiger partial charge in [-0.05, 0) is 51.2 Å². The second-order valence-electron chi connectivity index (χ2n) is 13.6. The fraction of sp³-hybridized carbons (Fsp3) is 0. The predicted molar refractivity (Wildman–Crippen MR) is 225 cm³/mol. The van der Waals surface area contributed by atoms with Crippen molar-refractivity contribution in [2.24, 2.45) is 0 Å². The summed E-state index contributed by atoms with van der Waals surface area (Å²) in [6, 6.07) is 70.3. The Balaban J connectivity index is 1.03. The van der Waals surface area contributed by atoms with E-state index in [1.54, 1.807) is 0 Å². The van der Waals surface area contributed by atoms with Gasteiger partial charge < -0.3 is 0 Å². The van der Waals surface area contributed by atoms with Crippen LogP contribution in [0.4, 0.5) is 0 Å². The van der Waals surface area contributed by atoms with Crippen molar-refractivity contribution in [3.05, 3.63) is 200 Å². The predicted octanol–water partition coefficient (Wildman–Crippen LogP) is 13.3. The smallest absolute Gasteiger partial charge is 0.160 e. The maximum atomic E-state index is 5.24. The Kier molecular flexibility index (Phi) is 7.81. The second-order valence-corrected chi connectivity index (χ2v) is 13.6. The molecule has 252 valence electrons. The molecule has 0 amide bonds. The standard InChI is InChI=1S/C51H33N3/c1-3-12-34(13-4-1)35-22-26-38(27-23-35)47-33-48(54-51(53-47)40-15-5-2-6-16-40)39-28-24-36(25-29-39)41-17-11-18-42(32-41)50-45-31-30-37-14-7-8-19-43(37)49(45)44-20-9-10-21-46(44)52-50/h1-33H. The summed E-state index contributed by atoms with van der Waals surface area (Å²) in [5.74, 6) is 0.704. The largest absolute Gasteiger partial charge is 0.247 e. The molecule has 0 spiro atoms. The first-order valence-electron chi connectivity index (χ1n) is 18.3. The summed E-state index contributed by atoms with van der Waals surface area (Å²) < 4.78 is 0. The van der Waals surface area contributed by atoms with Crippen molar-refractivity contribution in [3.8, 4) is 67.4 Å². The molecule has 2 aromatic heterocycles. The minimum Gasteiger partial charge on any atom is -0.247 e. The van der Waals surface area contributed by atoms with Crippen LogP contribution in [0, 0.1) is 0 Å². The molecule has 0 bridgehead atoms. The molecule has 0 fully saturated rings. The summed E-state index contributed by atoms with van der Waals surface area (Å²) >= 11 is 0. The van der Waals surface area contributed by atoms with Gasteiger partial charge in [0.15, 0.2) is 5.82 Å². The van der Waals surface area contributed by atoms with Gasteiger partial charge in [-0.1, -0.05) is 182 Å². The number of rotatable bonds is 6. The molecule has 0 atom stereocenters. The van der Waals surface area contributed by atoms with Crippen molar-refractivity contribution >= 4 is 32.4 Å². The molecular weight excluding hydrogens is 655 g/mol. The van der Waals surface area contributed by atoms with Gasteiger partial charge in [0.05, 0.1) is 22.6 Å². The van der Waals surface area contributed by atoms with Crippen LogP contribution in [0.25, 0.3) is 99.9 Å². The highest BCUT2D eigenvalue weighted by Crippen LogP contribution is 2.38. The first-order chi connectivity index (χ1) is 26.7. The van der Waals surface area contributed by atoms with E-state index in [2.05, 4.69) is 176 Å². The van der Waals surface area contributed by atoms with Crippen LogP contribution >= 0.6 is 0 Å². The first-order valence-corrected chi connectivity index (χ1v) is 18.3. The Labute approximate surface area is 313 Å². The minimum atomic E-state index is 0.704. The first kappa shape index (κ1) is 31.5. The second kappa shape index (κ2) is 13.4. The monoisotopic (exact) mass is 687 g/mol. The van der Waals surface area contributed by atoms with Crippen molar-refractivity contribution in [1.82, 2.24) is 15.0 Å². The van der Waals surface area contributed by atoms with Crippen LogP contribution in [-0.2, 0) is 0 Å². The third-order valence-electron chi connectivity index (χ3n) is 10.3. The highest BCUT2D eigenvalue weighted by molar-refractivity contribution is 6.22. The molecule has 0 unspecified atom stereocenters. The average Bonchev–Trinajstić information content (AvgIpc) is 3.26. The molecule has 0 N–H and O–H groups in total. The van der Waals surface area contributed by atoms with Crippen LogP contribution in [0.5, 0.6) is 0 Å². The fourth-order valence-corrected chi connectivity index (χ4v) is 7.55. The molecule has 3 nitrogen and oxygen atoms in total. The third kappa shape index (κ3) is 5.78. The molecule has 54 heavy (non-hydrogen) atoms. The Morgan fingerprint density at radius 1 is 0.278 bits per heavy atom. The zero-order valence-electron chi connectivity index (χ0n) is 29.4. The molecule has 0 saturated carbocycles. The normalized spacial score (nSPS) is 11.3. The Morgan fingerprint density at radius 3 is 1.50 bits per heavy atom. The van der Waals surface area contributed by atoms with E-state index in [4.69, 9.17) is 15.0 Å². The van der Waals surface area contributed by atoms with Gasteiger partial charge in [-0.3, -0.25) is 0 Å². The summed E-state index contributed by atoms with van der Waals surface area (Å²) in [5, 5.41) is 6.05. The van der Waals surface area contributed by atoms with Crippen molar-refractivity contribution < 1.29 is 0 Å². The van der Waals surface area contributed by atoms with Gasteiger partial charge in [0.25, 0.3) is 0 Å². The van der Waals surface area contributed by atoms with Crippen molar-refractivity contribution in [2.45, 2.75) is 0 Å². The maximum Gasteiger partial charge on any atom is 0.160 e. The summed E-state index contributed by atoms with van der Waals surface area (Å²) in [5.41, 5.74) is 12.5. The molecule has 0 aliphatic rings. The van der Waals surface area contributed by atoms with E-state index in [1.165, 1.54) is 32.7 Å². The lowest BCUT2D eigenvalue weighted by Gasteiger charge is -2.14. The van der Waals surface area contributed by atoms with Gasteiger partial charge >= 0.3 is 0 Å². The summed E-state index contributed by atoms with van der Waals surface area (Å²) in [7, 11) is 0. The minimum absolute atomic E-state index is 0.704. The Morgan fingerprint density at radius 2 is 0.796 bits per heavy atom. The molecular formula is C51H33N3. The van der Waals surface area contributed by atoms with E-state index < -0.39 is 0 Å². The lowest BCUT2D eigenvalue weighted by atomic mass is 9.94. The fourth-order valence-electron chi connectivity index (χ4n) is 7.55. The summed E-state index contributed by atoms with van der Waals surface area (Å²) in [6.07, 6.45) is 0. The average molecular weight is 688 g/mol. The number of pyridine rings is 1. The van der Waals surface area contributed by atoms with Crippen LogP contribution < -0.4 is 0 Å². The topological polar surface area (TPSA) is 38.7 Å². The molecule has 10 aromatic rings. The maximum absolute atomic E-state index is 5.24. The van der Waals surface area contributed by atoms with E-state index >= 15 is 0 Å². The van der Waals surface area contributed by atoms with E-state index in [0.29, 0.717) is 5.82 Å². The van der Waals surface area contributed by atoms with E-state index in [9.17, 15) is 0 Å². The molecule has 3 heteroatoms. The summed E-state index contributed by atoms with van der Waals surface area (Å²) in [4.78, 5) is 15.4. The van der Waals surface area contributed by atoms with Gasteiger partial charge in [-0.25, -0.2) is 15.0 Å². The van der Waals surface area contributed by atoms with E-state index in [0.717, 1.165) is 61.4 Å². The van der Waals surface area contributed by atoms with Gasteiger partial charge in [-0.2, -0.15) is 0 Å². The number of hydrogen-bond acceptors (Lipinski definition) is 3. The molecule has 2 heterocycles. The number of nitrogens with zero attached hydrogens (tertiary/aromatic N) is 3. The van der Waals surface area contributed by atoms with Gasteiger partial charge in [-0.15, -0.1) is 0 Å². The SMILES string of the molecule is c1ccc(-c2ccc(-c3cc(-c4ccc(-c5cccc(-c6nc7ccccc7c7c6ccc6ccccc67)c5)cc4)nc(-c4ccccc4)n3)cc2)cc1. The quantitative estimate of drug-likeness (QED) is 0.163. The molecule has 10 rings (SSSR count). The van der Waals surface area contributed by atoms with Crippen LogP contribution in [-0.4, -0.2) is 15.0 Å². The van der Waals surface area contributed by atoms with Crippen LogP contribution in [0.15, 0.2) is 200 Å². The van der Waals surface area contributed by atoms with E-state index in [-0.39, 0.29) is 0 Å². The van der Waals surface area contributed by atoms with Gasteiger partial charge in [0, 0.05) is 38.4 Å². The van der Waals surface area contributed by atoms with Crippen LogP contribution in [0.3, 0.4) is 0 Å². The zero-order chi connectivity index (χ0) is 35.8. The van der Waals surface area contributed by atoms with E-state index in [1.807, 2.05) is 24.3 Å². The van der Waals surface area contributed by atoms with Crippen molar-refractivity contribution in [3.63, 3.8) is 0 Å². The number of aromatic nitrogens is 3. The van der Waals surface area contributed by atoms with Gasteiger partial charge in [0.2, 0.25) is 0 Å². The number of benzene rings is 8. The van der Waals surface area contributed by atoms with Gasteiger partial charge in [0.1, 0.15) is 0 Å². The van der Waals surface area contributed by atoms with Crippen molar-refractivity contribution in [1.29, 1.82) is 0 Å². The van der Waals surface area contributed by atoms with Crippen molar-refractivity contribution in [2.75, 3.05) is 0 Å². The van der Waals surface area contributed by atoms with Crippen LogP contribution in [0.2, 0.25) is 0 Å². The molecule has 0 aliphatic heterocycles. The van der Waals surface area contributed by atoms with Crippen LogP contribution in [0.1, 0.15) is 0 Å². The highest BCUT2D eigenvalue weighted by Gasteiger charge is 2.15. The number of hydrogen-bond donors (Lipinski definition) is 0. The number of para-hydroxylation sites is 1. The molecule has 0 aliphatic carbocycles. The number of fused-ring (bicyclic) bond motifs is 5. The highest BCUT2D eigenvalue weighted by atomic mass is 14.9. The lowest BCUT2D eigenvalue weighted by Crippen LogP contribution is -1.96. The third-order valence-corrected chi connectivity index (χ3v) is 10.3. The lowest BCUT2D eigenvalue weighted by molar-refractivity contribution is 1.18. The zero-order valence-corrected chi connectivity index (χ0v) is 29.4. The molecule has 0 saturated heterocycles. The summed E-state index contributed by atoms with van der Waals surface area (Å²) in [6.45, 7) is 0. The Hall–Kier alpha value is -7.23. The molecule has 0 radical (unpaired) electrons. The Bertz CT molecular complexity index is 2940. The molecule has 8 aromatic carbocycles.